The van der Waals surface area contributed by atoms with Crippen LogP contribution in [0.5, 0.6) is 5.75 Å². The van der Waals surface area contributed by atoms with E-state index >= 15 is 0 Å². The molecular formula is C25H31N3O4. The Balaban J connectivity index is 1.28. The topological polar surface area (TPSA) is 76.7 Å². The summed E-state index contributed by atoms with van der Waals surface area (Å²) in [6, 6.07) is 9.59. The second-order valence-electron chi connectivity index (χ2n) is 9.56. The van der Waals surface area contributed by atoms with Crippen LogP contribution in [0, 0.1) is 5.92 Å². The smallest absolute Gasteiger partial charge is 0.317 e. The summed E-state index contributed by atoms with van der Waals surface area (Å²) in [5.41, 5.74) is -0.420. The Morgan fingerprint density at radius 3 is 2.41 bits per heavy atom. The molecule has 170 valence electrons. The molecule has 0 radical (unpaired) electrons. The fourth-order valence-corrected chi connectivity index (χ4v) is 3.95. The highest BCUT2D eigenvalue weighted by Gasteiger charge is 2.25. The maximum Gasteiger partial charge on any atom is 0.317 e. The third-order valence-corrected chi connectivity index (χ3v) is 5.65. The summed E-state index contributed by atoms with van der Waals surface area (Å²) in [4.78, 5) is 26.6. The molecule has 0 bridgehead atoms. The summed E-state index contributed by atoms with van der Waals surface area (Å²) >= 11 is 0. The zero-order valence-electron chi connectivity index (χ0n) is 19.0. The first kappa shape index (κ1) is 22.0. The average molecular weight is 438 g/mol. The van der Waals surface area contributed by atoms with Gasteiger partial charge in [0.25, 0.3) is 0 Å². The number of hydrogen-bond donors (Lipinski definition) is 1. The molecule has 0 unspecified atom stereocenters. The molecule has 1 aliphatic rings. The Morgan fingerprint density at radius 1 is 1.16 bits per heavy atom. The monoisotopic (exact) mass is 437 g/mol. The van der Waals surface area contributed by atoms with Crippen LogP contribution in [0.2, 0.25) is 0 Å². The number of carbonyl (C=O) groups is 1. The van der Waals surface area contributed by atoms with Crippen molar-refractivity contribution in [2.24, 2.45) is 5.92 Å². The lowest BCUT2D eigenvalue weighted by Crippen LogP contribution is -2.51. The Bertz CT molecular complexity index is 1100. The van der Waals surface area contributed by atoms with Gasteiger partial charge in [-0.25, -0.2) is 4.79 Å². The first-order chi connectivity index (χ1) is 15.3. The highest BCUT2D eigenvalue weighted by molar-refractivity contribution is 5.82. The minimum atomic E-state index is -0.244. The van der Waals surface area contributed by atoms with Crippen LogP contribution >= 0.6 is 0 Å². The molecule has 32 heavy (non-hydrogen) atoms. The first-order valence-corrected chi connectivity index (χ1v) is 11.1. The van der Waals surface area contributed by atoms with E-state index in [2.05, 4.69) is 17.4 Å². The molecule has 2 amide bonds. The van der Waals surface area contributed by atoms with Crippen molar-refractivity contribution in [1.29, 1.82) is 0 Å². The number of urea groups is 1. The zero-order chi connectivity index (χ0) is 22.7. The Morgan fingerprint density at radius 2 is 1.81 bits per heavy atom. The van der Waals surface area contributed by atoms with E-state index in [9.17, 15) is 9.59 Å². The second kappa shape index (κ2) is 9.10. The molecule has 2 aromatic heterocycles. The van der Waals surface area contributed by atoms with E-state index in [-0.39, 0.29) is 22.7 Å². The van der Waals surface area contributed by atoms with E-state index in [1.807, 2.05) is 54.8 Å². The van der Waals surface area contributed by atoms with Gasteiger partial charge in [-0.3, -0.25) is 4.79 Å². The molecule has 0 atom stereocenters. The highest BCUT2D eigenvalue weighted by atomic mass is 16.5. The summed E-state index contributed by atoms with van der Waals surface area (Å²) in [7, 11) is 0. The van der Waals surface area contributed by atoms with Gasteiger partial charge in [0.05, 0.1) is 13.2 Å². The van der Waals surface area contributed by atoms with Crippen molar-refractivity contribution in [2.45, 2.75) is 45.7 Å². The predicted molar refractivity (Wildman–Crippen MR) is 124 cm³/mol. The van der Waals surface area contributed by atoms with Crippen LogP contribution in [-0.2, 0) is 6.54 Å². The van der Waals surface area contributed by atoms with Gasteiger partial charge in [0.15, 0.2) is 0 Å². The van der Waals surface area contributed by atoms with Crippen LogP contribution in [0.4, 0.5) is 4.79 Å². The van der Waals surface area contributed by atoms with Crippen molar-refractivity contribution in [2.75, 3.05) is 19.7 Å². The van der Waals surface area contributed by atoms with Crippen molar-refractivity contribution >= 4 is 16.8 Å². The SMILES string of the molecule is CC(C)(C)NC(=O)N1CCC(COc2coc(Cn3cc4ccccc4c3)cc2=O)CC1. The van der Waals surface area contributed by atoms with E-state index in [1.165, 1.54) is 12.3 Å². The van der Waals surface area contributed by atoms with Crippen LogP contribution < -0.4 is 15.5 Å². The van der Waals surface area contributed by atoms with Gasteiger partial charge in [-0.15, -0.1) is 0 Å². The fraction of sp³-hybridized carbons (Fsp3) is 0.440. The predicted octanol–water partition coefficient (Wildman–Crippen LogP) is 4.24. The number of piperidine rings is 1. The van der Waals surface area contributed by atoms with Gasteiger partial charge >= 0.3 is 6.03 Å². The highest BCUT2D eigenvalue weighted by Crippen LogP contribution is 2.20. The number of likely N-dealkylation sites (tertiary alicyclic amines) is 1. The Labute approximate surface area is 188 Å². The number of rotatable bonds is 5. The number of hydrogen-bond acceptors (Lipinski definition) is 4. The number of carbonyl (C=O) groups excluding carboxylic acids is 1. The third-order valence-electron chi connectivity index (χ3n) is 5.65. The normalized spacial score (nSPS) is 15.2. The van der Waals surface area contributed by atoms with Crippen molar-refractivity contribution in [3.63, 3.8) is 0 Å². The van der Waals surface area contributed by atoms with E-state index < -0.39 is 0 Å². The summed E-state index contributed by atoms with van der Waals surface area (Å²) < 4.78 is 13.4. The molecule has 3 heterocycles. The minimum Gasteiger partial charge on any atom is -0.486 e. The third kappa shape index (κ3) is 5.52. The van der Waals surface area contributed by atoms with Crippen molar-refractivity contribution in [3.05, 3.63) is 65.0 Å². The molecule has 1 aliphatic heterocycles. The lowest BCUT2D eigenvalue weighted by atomic mass is 9.98. The standard InChI is InChI=1S/C25H31N3O4/c1-25(2,3)26-24(30)28-10-8-18(9-11-28)16-32-23-17-31-21(12-22(23)29)15-27-13-19-6-4-5-7-20(19)14-27/h4-7,12-14,17-18H,8-11,15-16H2,1-3H3,(H,26,30). The van der Waals surface area contributed by atoms with E-state index in [0.29, 0.717) is 37.9 Å². The van der Waals surface area contributed by atoms with E-state index in [0.717, 1.165) is 23.6 Å². The van der Waals surface area contributed by atoms with Gasteiger partial charge in [0.2, 0.25) is 11.2 Å². The number of nitrogens with zero attached hydrogens (tertiary/aromatic N) is 2. The second-order valence-corrected chi connectivity index (χ2v) is 9.56. The number of fused-ring (bicyclic) bond motifs is 1. The largest absolute Gasteiger partial charge is 0.486 e. The molecule has 3 aromatic rings. The summed E-state index contributed by atoms with van der Waals surface area (Å²) in [6.45, 7) is 8.24. The maximum absolute atomic E-state index is 12.5. The number of nitrogens with one attached hydrogen (secondary N) is 1. The first-order valence-electron chi connectivity index (χ1n) is 11.1. The molecule has 4 rings (SSSR count). The van der Waals surface area contributed by atoms with Gasteiger partial charge in [0.1, 0.15) is 12.0 Å². The van der Waals surface area contributed by atoms with Gasteiger partial charge in [-0.1, -0.05) is 24.3 Å². The average Bonchev–Trinajstić information content (AvgIpc) is 3.14. The fourth-order valence-electron chi connectivity index (χ4n) is 3.95. The number of benzene rings is 1. The quantitative estimate of drug-likeness (QED) is 0.648. The molecule has 7 heteroatoms. The summed E-state index contributed by atoms with van der Waals surface area (Å²) in [5.74, 6) is 1.13. The van der Waals surface area contributed by atoms with Gasteiger partial charge in [-0.2, -0.15) is 0 Å². The molecule has 1 fully saturated rings. The molecule has 1 N–H and O–H groups in total. The van der Waals surface area contributed by atoms with Crippen LogP contribution in [-0.4, -0.2) is 40.7 Å². The molecule has 0 spiro atoms. The van der Waals surface area contributed by atoms with E-state index in [4.69, 9.17) is 9.15 Å². The van der Waals surface area contributed by atoms with E-state index in [1.54, 1.807) is 0 Å². The lowest BCUT2D eigenvalue weighted by molar-refractivity contribution is 0.139. The number of aromatic nitrogens is 1. The van der Waals surface area contributed by atoms with Gasteiger partial charge in [0, 0.05) is 37.1 Å². The number of ether oxygens (including phenoxy) is 1. The number of amides is 2. The van der Waals surface area contributed by atoms with Crippen LogP contribution in [0.25, 0.3) is 10.8 Å². The Hall–Kier alpha value is -3.22. The van der Waals surface area contributed by atoms with Crippen LogP contribution in [0.1, 0.15) is 39.4 Å². The summed E-state index contributed by atoms with van der Waals surface area (Å²) in [5, 5.41) is 5.30. The van der Waals surface area contributed by atoms with Crippen molar-refractivity contribution in [1.82, 2.24) is 14.8 Å². The molecule has 0 saturated carbocycles. The molecule has 0 aliphatic carbocycles. The molecular weight excluding hydrogens is 406 g/mol. The Kier molecular flexibility index (Phi) is 6.26. The van der Waals surface area contributed by atoms with Gasteiger partial charge in [-0.05, 0) is 50.3 Å². The van der Waals surface area contributed by atoms with Crippen LogP contribution in [0.3, 0.4) is 0 Å². The zero-order valence-corrected chi connectivity index (χ0v) is 19.0. The molecule has 7 nitrogen and oxygen atoms in total. The van der Waals surface area contributed by atoms with Crippen molar-refractivity contribution in [3.8, 4) is 5.75 Å². The van der Waals surface area contributed by atoms with Crippen molar-refractivity contribution < 1.29 is 13.9 Å². The lowest BCUT2D eigenvalue weighted by Gasteiger charge is -2.34. The molecule has 1 saturated heterocycles. The summed E-state index contributed by atoms with van der Waals surface area (Å²) in [6.07, 6.45) is 7.18. The van der Waals surface area contributed by atoms with Gasteiger partial charge < -0.3 is 23.9 Å². The molecule has 1 aromatic carbocycles. The minimum absolute atomic E-state index is 0.0244. The maximum atomic E-state index is 12.5. The van der Waals surface area contributed by atoms with Crippen LogP contribution in [0.15, 0.2) is 58.2 Å².